The number of halogens is 1. The van der Waals surface area contributed by atoms with Crippen molar-refractivity contribution in [3.05, 3.63) is 11.8 Å². The average molecular weight is 464 g/mol. The second-order valence-corrected chi connectivity index (χ2v) is 10.7. The van der Waals surface area contributed by atoms with Crippen molar-refractivity contribution < 1.29 is 28.6 Å². The predicted octanol–water partition coefficient (Wildman–Crippen LogP) is 0.389. The SMILES string of the molecule is O=C1C(C(=O)N2CCOCC2)=CN2C3CCC(O)CC3OC3C(NCC4CC4)C(F)CC1C32. The molecule has 6 rings (SSSR count). The molecule has 182 valence electrons. The number of carbonyl (C=O) groups is 2. The van der Waals surface area contributed by atoms with Gasteiger partial charge in [0.25, 0.3) is 5.91 Å². The topological polar surface area (TPSA) is 91.3 Å². The van der Waals surface area contributed by atoms with Crippen LogP contribution in [0.2, 0.25) is 0 Å². The summed E-state index contributed by atoms with van der Waals surface area (Å²) in [5.74, 6) is -0.522. The lowest BCUT2D eigenvalue weighted by Crippen LogP contribution is -2.73. The highest BCUT2D eigenvalue weighted by molar-refractivity contribution is 6.20. The lowest BCUT2D eigenvalue weighted by atomic mass is 9.69. The molecule has 3 saturated carbocycles. The highest BCUT2D eigenvalue weighted by atomic mass is 19.1. The molecule has 0 aromatic carbocycles. The zero-order valence-corrected chi connectivity index (χ0v) is 18.9. The number of amides is 1. The first-order valence-corrected chi connectivity index (χ1v) is 12.6. The van der Waals surface area contributed by atoms with Gasteiger partial charge in [-0.2, -0.15) is 0 Å². The molecule has 33 heavy (non-hydrogen) atoms. The molecular formula is C24H34FN3O5. The summed E-state index contributed by atoms with van der Waals surface area (Å²) in [5, 5.41) is 13.7. The van der Waals surface area contributed by atoms with E-state index in [0.29, 0.717) is 45.1 Å². The Morgan fingerprint density at radius 3 is 2.73 bits per heavy atom. The summed E-state index contributed by atoms with van der Waals surface area (Å²) in [6, 6.07) is -0.774. The highest BCUT2D eigenvalue weighted by Gasteiger charge is 2.59. The van der Waals surface area contributed by atoms with E-state index >= 15 is 4.39 Å². The first kappa shape index (κ1) is 21.9. The fourth-order valence-electron chi connectivity index (χ4n) is 6.54. The van der Waals surface area contributed by atoms with Crippen LogP contribution in [0.3, 0.4) is 0 Å². The lowest BCUT2D eigenvalue weighted by molar-refractivity contribution is -0.205. The monoisotopic (exact) mass is 463 g/mol. The molecule has 2 N–H and O–H groups in total. The van der Waals surface area contributed by atoms with E-state index in [9.17, 15) is 14.7 Å². The van der Waals surface area contributed by atoms with Crippen LogP contribution in [-0.4, -0.2) is 102 Å². The number of hydrogen-bond donors (Lipinski definition) is 2. The Morgan fingerprint density at radius 1 is 1.18 bits per heavy atom. The normalized spacial score (nSPS) is 43.0. The number of morpholine rings is 2. The maximum absolute atomic E-state index is 15.5. The quantitative estimate of drug-likeness (QED) is 0.583. The number of nitrogens with zero attached hydrogens (tertiary/aromatic N) is 2. The molecule has 0 aromatic heterocycles. The minimum absolute atomic E-state index is 0.0158. The van der Waals surface area contributed by atoms with E-state index in [1.54, 1.807) is 11.1 Å². The van der Waals surface area contributed by atoms with Crippen LogP contribution in [0.15, 0.2) is 11.8 Å². The molecule has 1 amide bonds. The number of Topliss-reactive ketones (excluding diaryl/α,β-unsaturated/α-hetero) is 1. The molecule has 2 saturated heterocycles. The van der Waals surface area contributed by atoms with Gasteiger partial charge in [0.2, 0.25) is 0 Å². The van der Waals surface area contributed by atoms with Gasteiger partial charge in [-0.25, -0.2) is 4.39 Å². The van der Waals surface area contributed by atoms with Gasteiger partial charge in [0.1, 0.15) is 6.17 Å². The molecular weight excluding hydrogens is 429 g/mol. The number of rotatable bonds is 4. The molecule has 0 radical (unpaired) electrons. The molecule has 0 aromatic rings. The number of nitrogens with one attached hydrogen (secondary N) is 1. The van der Waals surface area contributed by atoms with E-state index in [1.165, 1.54) is 12.8 Å². The second-order valence-electron chi connectivity index (χ2n) is 10.7. The first-order valence-electron chi connectivity index (χ1n) is 12.6. The van der Waals surface area contributed by atoms with Crippen molar-refractivity contribution in [3.8, 4) is 0 Å². The number of ether oxygens (including phenoxy) is 2. The largest absolute Gasteiger partial charge is 0.393 e. The van der Waals surface area contributed by atoms with Crippen molar-refractivity contribution in [2.45, 2.75) is 81.1 Å². The van der Waals surface area contributed by atoms with Gasteiger partial charge in [0.15, 0.2) is 5.78 Å². The van der Waals surface area contributed by atoms with Crippen LogP contribution in [0.4, 0.5) is 4.39 Å². The number of fused-ring (bicyclic) bond motifs is 2. The molecule has 0 spiro atoms. The van der Waals surface area contributed by atoms with Crippen molar-refractivity contribution in [2.75, 3.05) is 32.8 Å². The zero-order chi connectivity index (χ0) is 22.7. The Kier molecular flexibility index (Phi) is 5.71. The van der Waals surface area contributed by atoms with Gasteiger partial charge >= 0.3 is 0 Å². The fourth-order valence-corrected chi connectivity index (χ4v) is 6.54. The summed E-state index contributed by atoms with van der Waals surface area (Å²) >= 11 is 0. The van der Waals surface area contributed by atoms with E-state index in [0.717, 1.165) is 13.0 Å². The van der Waals surface area contributed by atoms with Crippen molar-refractivity contribution in [1.29, 1.82) is 0 Å². The standard InChI is InChI=1S/C24H34FN3O5/c25-17-10-15-21-23(20(17)26-11-13-1-2-13)33-19-9-14(29)3-4-18(19)28(21)12-16(22(15)30)24(31)27-5-7-32-8-6-27/h12-15,17-21,23,26,29H,1-11H2. The molecule has 0 bridgehead atoms. The Balaban J connectivity index is 1.34. The summed E-state index contributed by atoms with van der Waals surface area (Å²) in [7, 11) is 0. The summed E-state index contributed by atoms with van der Waals surface area (Å²) in [5.41, 5.74) is 0.167. The zero-order valence-electron chi connectivity index (χ0n) is 18.9. The maximum Gasteiger partial charge on any atom is 0.259 e. The fraction of sp³-hybridized carbons (Fsp3) is 0.833. The van der Waals surface area contributed by atoms with Gasteiger partial charge in [-0.15, -0.1) is 0 Å². The first-order chi connectivity index (χ1) is 16.0. The Labute approximate surface area is 193 Å². The van der Waals surface area contributed by atoms with Crippen LogP contribution in [-0.2, 0) is 19.1 Å². The number of hydrogen-bond acceptors (Lipinski definition) is 7. The smallest absolute Gasteiger partial charge is 0.259 e. The van der Waals surface area contributed by atoms with Gasteiger partial charge in [-0.3, -0.25) is 9.59 Å². The Hall–Kier alpha value is -1.55. The molecule has 8 nitrogen and oxygen atoms in total. The van der Waals surface area contributed by atoms with E-state index in [2.05, 4.69) is 10.2 Å². The van der Waals surface area contributed by atoms with Gasteiger partial charge in [-0.1, -0.05) is 0 Å². The van der Waals surface area contributed by atoms with Crippen molar-refractivity contribution >= 4 is 11.7 Å². The van der Waals surface area contributed by atoms with Crippen LogP contribution in [0, 0.1) is 11.8 Å². The van der Waals surface area contributed by atoms with Crippen LogP contribution < -0.4 is 5.32 Å². The third kappa shape index (κ3) is 3.90. The van der Waals surface area contributed by atoms with Crippen LogP contribution >= 0.6 is 0 Å². The number of alkyl halides is 1. The molecule has 3 aliphatic heterocycles. The molecule has 6 aliphatic rings. The van der Waals surface area contributed by atoms with Gasteiger partial charge in [0, 0.05) is 31.6 Å². The van der Waals surface area contributed by atoms with E-state index in [1.807, 2.05) is 0 Å². The molecule has 8 atom stereocenters. The number of aliphatic hydroxyl groups is 1. The summed E-state index contributed by atoms with van der Waals surface area (Å²) in [4.78, 5) is 30.7. The summed E-state index contributed by atoms with van der Waals surface area (Å²) < 4.78 is 27.4. The van der Waals surface area contributed by atoms with Crippen LogP contribution in [0.1, 0.15) is 38.5 Å². The van der Waals surface area contributed by atoms with Crippen molar-refractivity contribution in [1.82, 2.24) is 15.1 Å². The van der Waals surface area contributed by atoms with Crippen LogP contribution in [0.25, 0.3) is 0 Å². The van der Waals surface area contributed by atoms with E-state index in [-0.39, 0.29) is 41.9 Å². The van der Waals surface area contributed by atoms with E-state index < -0.39 is 30.3 Å². The number of aliphatic hydroxyl groups excluding tert-OH is 1. The number of ketones is 1. The van der Waals surface area contributed by atoms with Gasteiger partial charge in [-0.05, 0) is 44.6 Å². The third-order valence-corrected chi connectivity index (χ3v) is 8.51. The van der Waals surface area contributed by atoms with Crippen molar-refractivity contribution in [3.63, 3.8) is 0 Å². The molecule has 5 fully saturated rings. The number of carbonyl (C=O) groups excluding carboxylic acids is 2. The van der Waals surface area contributed by atoms with Gasteiger partial charge in [0.05, 0.1) is 55.2 Å². The summed E-state index contributed by atoms with van der Waals surface area (Å²) in [6.45, 7) is 2.61. The van der Waals surface area contributed by atoms with Crippen LogP contribution in [0.5, 0.6) is 0 Å². The summed E-state index contributed by atoms with van der Waals surface area (Å²) in [6.07, 6.45) is 3.71. The Morgan fingerprint density at radius 2 is 1.97 bits per heavy atom. The predicted molar refractivity (Wildman–Crippen MR) is 116 cm³/mol. The maximum atomic E-state index is 15.5. The lowest BCUT2D eigenvalue weighted by Gasteiger charge is -2.59. The minimum atomic E-state index is -1.22. The molecule has 9 heteroatoms. The average Bonchev–Trinajstić information content (AvgIpc) is 3.64. The van der Waals surface area contributed by atoms with Gasteiger partial charge < -0.3 is 29.7 Å². The second kappa shape index (κ2) is 8.59. The molecule has 3 heterocycles. The van der Waals surface area contributed by atoms with E-state index in [4.69, 9.17) is 9.47 Å². The molecule has 3 aliphatic carbocycles. The Bertz CT molecular complexity index is 829. The third-order valence-electron chi connectivity index (χ3n) is 8.51. The van der Waals surface area contributed by atoms with Crippen molar-refractivity contribution in [2.24, 2.45) is 11.8 Å². The highest BCUT2D eigenvalue weighted by Crippen LogP contribution is 2.46. The molecule has 8 unspecified atom stereocenters. The minimum Gasteiger partial charge on any atom is -0.393 e.